The van der Waals surface area contributed by atoms with Crippen LogP contribution in [0.15, 0.2) is 12.7 Å². The van der Waals surface area contributed by atoms with Crippen LogP contribution in [0.5, 0.6) is 0 Å². The molecule has 0 heterocycles. The topological polar surface area (TPSA) is 63.2 Å². The molecule has 0 spiro atoms. The Kier molecular flexibility index (Phi) is 5.18. The lowest BCUT2D eigenvalue weighted by atomic mass is 9.95. The van der Waals surface area contributed by atoms with Crippen molar-refractivity contribution in [2.24, 2.45) is 0 Å². The van der Waals surface area contributed by atoms with E-state index in [4.69, 9.17) is 0 Å². The van der Waals surface area contributed by atoms with Gasteiger partial charge in [-0.15, -0.1) is 6.58 Å². The SMILES string of the molecule is C=CCS(=O)(=O)C(C)C(=O)NC1CCCCC1. The van der Waals surface area contributed by atoms with Gasteiger partial charge in [-0.05, 0) is 19.8 Å². The second-order valence-electron chi connectivity index (χ2n) is 4.60. The summed E-state index contributed by atoms with van der Waals surface area (Å²) >= 11 is 0. The second-order valence-corrected chi connectivity index (χ2v) is 6.97. The molecule has 4 nitrogen and oxygen atoms in total. The molecular formula is C12H21NO3S. The van der Waals surface area contributed by atoms with E-state index in [1.165, 1.54) is 19.4 Å². The van der Waals surface area contributed by atoms with Crippen LogP contribution in [0.25, 0.3) is 0 Å². The van der Waals surface area contributed by atoms with E-state index in [0.717, 1.165) is 25.7 Å². The summed E-state index contributed by atoms with van der Waals surface area (Å²) in [4.78, 5) is 11.8. The number of amides is 1. The first kappa shape index (κ1) is 14.2. The molecule has 1 saturated carbocycles. The fourth-order valence-corrected chi connectivity index (χ4v) is 3.05. The summed E-state index contributed by atoms with van der Waals surface area (Å²) in [5, 5.41) is 1.85. The lowest BCUT2D eigenvalue weighted by Gasteiger charge is -2.24. The number of rotatable bonds is 5. The molecule has 1 aliphatic rings. The molecule has 1 fully saturated rings. The second kappa shape index (κ2) is 6.19. The fourth-order valence-electron chi connectivity index (χ4n) is 2.04. The Morgan fingerprint density at radius 2 is 2.00 bits per heavy atom. The van der Waals surface area contributed by atoms with Gasteiger partial charge in [0.25, 0.3) is 0 Å². The van der Waals surface area contributed by atoms with E-state index >= 15 is 0 Å². The Morgan fingerprint density at radius 3 is 2.53 bits per heavy atom. The van der Waals surface area contributed by atoms with E-state index in [0.29, 0.717) is 0 Å². The summed E-state index contributed by atoms with van der Waals surface area (Å²) in [6, 6.07) is 0.151. The van der Waals surface area contributed by atoms with Gasteiger partial charge in [0.15, 0.2) is 9.84 Å². The zero-order chi connectivity index (χ0) is 12.9. The van der Waals surface area contributed by atoms with Crippen LogP contribution in [0.2, 0.25) is 0 Å². The predicted molar refractivity (Wildman–Crippen MR) is 68.5 cm³/mol. The zero-order valence-corrected chi connectivity index (χ0v) is 11.1. The maximum atomic E-state index is 11.8. The molecule has 0 bridgehead atoms. The van der Waals surface area contributed by atoms with Crippen molar-refractivity contribution in [2.75, 3.05) is 5.75 Å². The third kappa shape index (κ3) is 4.15. The molecule has 0 aromatic carbocycles. The van der Waals surface area contributed by atoms with Crippen molar-refractivity contribution >= 4 is 15.7 Å². The monoisotopic (exact) mass is 259 g/mol. The summed E-state index contributed by atoms with van der Waals surface area (Å²) in [5.41, 5.74) is 0. The minimum Gasteiger partial charge on any atom is -0.352 e. The van der Waals surface area contributed by atoms with Gasteiger partial charge in [-0.3, -0.25) is 4.79 Å². The van der Waals surface area contributed by atoms with Crippen molar-refractivity contribution < 1.29 is 13.2 Å². The van der Waals surface area contributed by atoms with Crippen LogP contribution in [0.4, 0.5) is 0 Å². The molecule has 98 valence electrons. The first-order valence-electron chi connectivity index (χ1n) is 6.10. The number of sulfone groups is 1. The Balaban J connectivity index is 2.54. The van der Waals surface area contributed by atoms with E-state index in [1.807, 2.05) is 0 Å². The highest BCUT2D eigenvalue weighted by Crippen LogP contribution is 2.17. The number of hydrogen-bond acceptors (Lipinski definition) is 3. The van der Waals surface area contributed by atoms with E-state index in [-0.39, 0.29) is 17.7 Å². The van der Waals surface area contributed by atoms with Gasteiger partial charge in [-0.2, -0.15) is 0 Å². The molecule has 0 aromatic heterocycles. The van der Waals surface area contributed by atoms with Crippen LogP contribution in [0.3, 0.4) is 0 Å². The molecular weight excluding hydrogens is 238 g/mol. The third-order valence-corrected chi connectivity index (χ3v) is 5.20. The first-order chi connectivity index (χ1) is 7.97. The van der Waals surface area contributed by atoms with Crippen molar-refractivity contribution in [2.45, 2.75) is 50.3 Å². The molecule has 0 radical (unpaired) electrons. The molecule has 5 heteroatoms. The Bertz CT molecular complexity index is 369. The minimum atomic E-state index is -3.39. The van der Waals surface area contributed by atoms with Gasteiger partial charge in [0.1, 0.15) is 5.25 Å². The van der Waals surface area contributed by atoms with E-state index in [1.54, 1.807) is 0 Å². The molecule has 0 aromatic rings. The summed E-state index contributed by atoms with van der Waals surface area (Å²) < 4.78 is 23.4. The van der Waals surface area contributed by atoms with Gasteiger partial charge in [-0.1, -0.05) is 25.3 Å². The molecule has 1 N–H and O–H groups in total. The van der Waals surface area contributed by atoms with Crippen LogP contribution in [0.1, 0.15) is 39.0 Å². The first-order valence-corrected chi connectivity index (χ1v) is 7.81. The van der Waals surface area contributed by atoms with Crippen LogP contribution >= 0.6 is 0 Å². The fraction of sp³-hybridized carbons (Fsp3) is 0.750. The predicted octanol–water partition coefficient (Wildman–Crippen LogP) is 1.42. The summed E-state index contributed by atoms with van der Waals surface area (Å²) in [7, 11) is -3.39. The number of hydrogen-bond donors (Lipinski definition) is 1. The van der Waals surface area contributed by atoms with Crippen LogP contribution in [0, 0.1) is 0 Å². The quantitative estimate of drug-likeness (QED) is 0.760. The maximum Gasteiger partial charge on any atom is 0.238 e. The van der Waals surface area contributed by atoms with Crippen molar-refractivity contribution in [3.05, 3.63) is 12.7 Å². The maximum absolute atomic E-state index is 11.8. The molecule has 0 aliphatic heterocycles. The molecule has 1 amide bonds. The molecule has 1 atom stereocenters. The highest BCUT2D eigenvalue weighted by Gasteiger charge is 2.28. The number of carbonyl (C=O) groups is 1. The largest absolute Gasteiger partial charge is 0.352 e. The van der Waals surface area contributed by atoms with Crippen LogP contribution in [-0.2, 0) is 14.6 Å². The van der Waals surface area contributed by atoms with Crippen LogP contribution in [-0.4, -0.2) is 31.4 Å². The van der Waals surface area contributed by atoms with E-state index < -0.39 is 15.1 Å². The lowest BCUT2D eigenvalue weighted by Crippen LogP contribution is -2.44. The average molecular weight is 259 g/mol. The van der Waals surface area contributed by atoms with E-state index in [9.17, 15) is 13.2 Å². The molecule has 17 heavy (non-hydrogen) atoms. The van der Waals surface area contributed by atoms with E-state index in [2.05, 4.69) is 11.9 Å². The zero-order valence-electron chi connectivity index (χ0n) is 10.3. The third-order valence-electron chi connectivity index (χ3n) is 3.21. The van der Waals surface area contributed by atoms with Crippen LogP contribution < -0.4 is 5.32 Å². The van der Waals surface area contributed by atoms with Crippen molar-refractivity contribution in [1.82, 2.24) is 5.32 Å². The molecule has 1 unspecified atom stereocenters. The Hall–Kier alpha value is -0.840. The van der Waals surface area contributed by atoms with Gasteiger partial charge in [0.2, 0.25) is 5.91 Å². The number of nitrogens with one attached hydrogen (secondary N) is 1. The standard InChI is InChI=1S/C12H21NO3S/c1-3-9-17(15,16)10(2)12(14)13-11-7-5-4-6-8-11/h3,10-11H,1,4-9H2,2H3,(H,13,14). The smallest absolute Gasteiger partial charge is 0.238 e. The highest BCUT2D eigenvalue weighted by atomic mass is 32.2. The Labute approximate surface area is 103 Å². The van der Waals surface area contributed by atoms with Crippen molar-refractivity contribution in [3.63, 3.8) is 0 Å². The van der Waals surface area contributed by atoms with Gasteiger partial charge >= 0.3 is 0 Å². The molecule has 1 rings (SSSR count). The van der Waals surface area contributed by atoms with Gasteiger partial charge in [0, 0.05) is 6.04 Å². The van der Waals surface area contributed by atoms with Gasteiger partial charge < -0.3 is 5.32 Å². The Morgan fingerprint density at radius 1 is 1.41 bits per heavy atom. The van der Waals surface area contributed by atoms with Crippen molar-refractivity contribution in [1.29, 1.82) is 0 Å². The molecule has 1 aliphatic carbocycles. The summed E-state index contributed by atoms with van der Waals surface area (Å²) in [6.07, 6.45) is 6.66. The summed E-state index contributed by atoms with van der Waals surface area (Å²) in [5.74, 6) is -0.523. The number of carbonyl (C=O) groups excluding carboxylic acids is 1. The molecule has 0 saturated heterocycles. The minimum absolute atomic E-state index is 0.147. The van der Waals surface area contributed by atoms with Gasteiger partial charge in [-0.25, -0.2) is 8.42 Å². The van der Waals surface area contributed by atoms with Crippen molar-refractivity contribution in [3.8, 4) is 0 Å². The summed E-state index contributed by atoms with van der Waals surface area (Å²) in [6.45, 7) is 4.83. The average Bonchev–Trinajstić information content (AvgIpc) is 2.29. The van der Waals surface area contributed by atoms with Gasteiger partial charge in [0.05, 0.1) is 5.75 Å². The lowest BCUT2D eigenvalue weighted by molar-refractivity contribution is -0.121. The highest BCUT2D eigenvalue weighted by molar-refractivity contribution is 7.92. The normalized spacial score (nSPS) is 19.6.